The molecule has 4 rings (SSSR count). The highest BCUT2D eigenvalue weighted by Crippen LogP contribution is 2.42. The van der Waals surface area contributed by atoms with Gasteiger partial charge in [0.15, 0.2) is 0 Å². The van der Waals surface area contributed by atoms with Gasteiger partial charge in [-0.25, -0.2) is 4.39 Å². The highest BCUT2D eigenvalue weighted by Gasteiger charge is 2.31. The summed E-state index contributed by atoms with van der Waals surface area (Å²) in [6, 6.07) is 14.0. The lowest BCUT2D eigenvalue weighted by Crippen LogP contribution is -2.46. The number of amides is 2. The van der Waals surface area contributed by atoms with Gasteiger partial charge in [-0.15, -0.1) is 0 Å². The third-order valence-electron chi connectivity index (χ3n) is 5.30. The van der Waals surface area contributed by atoms with Crippen molar-refractivity contribution in [3.8, 4) is 0 Å². The van der Waals surface area contributed by atoms with Crippen LogP contribution in [0.15, 0.2) is 58.3 Å². The molecule has 6 heteroatoms. The number of para-hydroxylation sites is 1. The number of fused-ring (bicyclic) bond motifs is 1. The Hall–Kier alpha value is -2.60. The fraction of sp³-hybridized carbons (Fsp3) is 0.304. The third-order valence-corrected chi connectivity index (χ3v) is 6.37. The number of rotatable bonds is 4. The summed E-state index contributed by atoms with van der Waals surface area (Å²) >= 11 is 1.31. The Balaban J connectivity index is 1.59. The number of hydrogen-bond donors (Lipinski definition) is 1. The summed E-state index contributed by atoms with van der Waals surface area (Å²) in [7, 11) is 0. The van der Waals surface area contributed by atoms with E-state index in [1.165, 1.54) is 29.1 Å². The van der Waals surface area contributed by atoms with Crippen molar-refractivity contribution in [2.45, 2.75) is 43.0 Å². The predicted molar refractivity (Wildman–Crippen MR) is 114 cm³/mol. The standard InChI is InChI=1S/C23H23FN2O2S/c24-18-11-5-4-8-16(18)14-21-23(28)26(19-12-6-7-13-20(19)29-21)15-22(27)25-17-9-2-1-3-10-17/h4-8,11-14,17H,1-3,9-10,15H2,(H,25,27). The summed E-state index contributed by atoms with van der Waals surface area (Å²) in [5, 5.41) is 3.07. The summed E-state index contributed by atoms with van der Waals surface area (Å²) in [6.45, 7) is -0.0402. The first kappa shape index (κ1) is 19.7. The van der Waals surface area contributed by atoms with Crippen LogP contribution in [0.3, 0.4) is 0 Å². The quantitative estimate of drug-likeness (QED) is 0.740. The molecule has 1 fully saturated rings. The van der Waals surface area contributed by atoms with Crippen LogP contribution in [-0.2, 0) is 9.59 Å². The van der Waals surface area contributed by atoms with Crippen LogP contribution in [0.4, 0.5) is 10.1 Å². The van der Waals surface area contributed by atoms with Crippen LogP contribution in [0.5, 0.6) is 0 Å². The van der Waals surface area contributed by atoms with Crippen molar-refractivity contribution in [1.82, 2.24) is 5.32 Å². The van der Waals surface area contributed by atoms with Gasteiger partial charge in [0, 0.05) is 16.5 Å². The van der Waals surface area contributed by atoms with Gasteiger partial charge in [-0.05, 0) is 37.1 Å². The molecule has 0 spiro atoms. The van der Waals surface area contributed by atoms with Crippen molar-refractivity contribution in [3.05, 3.63) is 64.8 Å². The molecular weight excluding hydrogens is 387 g/mol. The van der Waals surface area contributed by atoms with Crippen LogP contribution in [0.1, 0.15) is 37.7 Å². The first-order valence-corrected chi connectivity index (χ1v) is 10.8. The minimum absolute atomic E-state index is 0.0402. The van der Waals surface area contributed by atoms with Gasteiger partial charge in [0.1, 0.15) is 12.4 Å². The number of nitrogens with one attached hydrogen (secondary N) is 1. The maximum atomic E-state index is 14.1. The van der Waals surface area contributed by atoms with Gasteiger partial charge in [-0.1, -0.05) is 61.4 Å². The number of halogens is 1. The Bertz CT molecular complexity index is 953. The van der Waals surface area contributed by atoms with Crippen molar-refractivity contribution < 1.29 is 14.0 Å². The number of nitrogens with zero attached hydrogens (tertiary/aromatic N) is 1. The van der Waals surface area contributed by atoms with Crippen LogP contribution >= 0.6 is 11.8 Å². The third kappa shape index (κ3) is 4.53. The van der Waals surface area contributed by atoms with E-state index in [0.717, 1.165) is 30.6 Å². The van der Waals surface area contributed by atoms with E-state index >= 15 is 0 Å². The number of thioether (sulfide) groups is 1. The Kier molecular flexibility index (Phi) is 6.00. The van der Waals surface area contributed by atoms with Gasteiger partial charge in [-0.3, -0.25) is 14.5 Å². The average molecular weight is 411 g/mol. The molecule has 2 amide bonds. The minimum Gasteiger partial charge on any atom is -0.352 e. The van der Waals surface area contributed by atoms with E-state index in [4.69, 9.17) is 0 Å². The van der Waals surface area contributed by atoms with Crippen molar-refractivity contribution in [2.75, 3.05) is 11.4 Å². The van der Waals surface area contributed by atoms with E-state index < -0.39 is 0 Å². The smallest absolute Gasteiger partial charge is 0.265 e. The highest BCUT2D eigenvalue weighted by molar-refractivity contribution is 8.04. The summed E-state index contributed by atoms with van der Waals surface area (Å²) in [5.74, 6) is -0.818. The van der Waals surface area contributed by atoms with E-state index in [0.29, 0.717) is 16.2 Å². The minimum atomic E-state index is -0.381. The fourth-order valence-corrected chi connectivity index (χ4v) is 4.87. The second-order valence-electron chi connectivity index (χ2n) is 7.39. The summed E-state index contributed by atoms with van der Waals surface area (Å²) < 4.78 is 14.1. The van der Waals surface area contributed by atoms with Gasteiger partial charge >= 0.3 is 0 Å². The molecule has 0 radical (unpaired) electrons. The number of anilines is 1. The first-order valence-electron chi connectivity index (χ1n) is 9.96. The lowest BCUT2D eigenvalue weighted by Gasteiger charge is -2.31. The molecule has 4 nitrogen and oxygen atoms in total. The molecule has 0 aromatic heterocycles. The van der Waals surface area contributed by atoms with Crippen LogP contribution < -0.4 is 10.2 Å². The lowest BCUT2D eigenvalue weighted by atomic mass is 9.95. The zero-order valence-electron chi connectivity index (χ0n) is 16.1. The van der Waals surface area contributed by atoms with Gasteiger partial charge in [0.05, 0.1) is 10.6 Å². The second-order valence-corrected chi connectivity index (χ2v) is 8.48. The maximum Gasteiger partial charge on any atom is 0.265 e. The van der Waals surface area contributed by atoms with Gasteiger partial charge in [0.2, 0.25) is 5.91 Å². The molecule has 29 heavy (non-hydrogen) atoms. The van der Waals surface area contributed by atoms with Crippen molar-refractivity contribution in [3.63, 3.8) is 0 Å². The van der Waals surface area contributed by atoms with Crippen LogP contribution in [-0.4, -0.2) is 24.4 Å². The first-order chi connectivity index (χ1) is 14.1. The van der Waals surface area contributed by atoms with Gasteiger partial charge < -0.3 is 5.32 Å². The predicted octanol–water partition coefficient (Wildman–Crippen LogP) is 4.75. The molecule has 1 aliphatic carbocycles. The Morgan fingerprint density at radius 3 is 2.62 bits per heavy atom. The molecular formula is C23H23FN2O2S. The molecule has 2 aliphatic rings. The van der Waals surface area contributed by atoms with Crippen molar-refractivity contribution in [2.24, 2.45) is 0 Å². The van der Waals surface area contributed by atoms with E-state index in [-0.39, 0.29) is 30.2 Å². The molecule has 0 bridgehead atoms. The normalized spacial score (nSPS) is 18.6. The number of benzene rings is 2. The Labute approximate surface area is 174 Å². The highest BCUT2D eigenvalue weighted by atomic mass is 32.2. The second kappa shape index (κ2) is 8.82. The molecule has 2 aromatic rings. The average Bonchev–Trinajstić information content (AvgIpc) is 2.73. The summed E-state index contributed by atoms with van der Waals surface area (Å²) in [6.07, 6.45) is 7.01. The molecule has 1 heterocycles. The van der Waals surface area contributed by atoms with Crippen LogP contribution in [0, 0.1) is 5.82 Å². The molecule has 1 N–H and O–H groups in total. The Morgan fingerprint density at radius 1 is 1.10 bits per heavy atom. The zero-order chi connectivity index (χ0) is 20.2. The zero-order valence-corrected chi connectivity index (χ0v) is 16.9. The maximum absolute atomic E-state index is 14.1. The van der Waals surface area contributed by atoms with E-state index in [2.05, 4.69) is 5.32 Å². The van der Waals surface area contributed by atoms with E-state index in [9.17, 15) is 14.0 Å². The van der Waals surface area contributed by atoms with E-state index in [1.807, 2.05) is 24.3 Å². The molecule has 0 atom stereocenters. The van der Waals surface area contributed by atoms with Gasteiger partial charge in [-0.2, -0.15) is 0 Å². The van der Waals surface area contributed by atoms with Crippen LogP contribution in [0.25, 0.3) is 6.08 Å². The lowest BCUT2D eigenvalue weighted by molar-refractivity contribution is -0.123. The summed E-state index contributed by atoms with van der Waals surface area (Å²) in [5.41, 5.74) is 1.07. The Morgan fingerprint density at radius 2 is 1.83 bits per heavy atom. The molecule has 150 valence electrons. The van der Waals surface area contributed by atoms with Crippen LogP contribution in [0.2, 0.25) is 0 Å². The largest absolute Gasteiger partial charge is 0.352 e. The topological polar surface area (TPSA) is 49.4 Å². The SMILES string of the molecule is O=C(CN1C(=O)C(=Cc2ccccc2F)Sc2ccccc21)NC1CCCCC1. The molecule has 0 unspecified atom stereocenters. The van der Waals surface area contributed by atoms with Gasteiger partial charge in [0.25, 0.3) is 5.91 Å². The molecule has 1 aliphatic heterocycles. The monoisotopic (exact) mass is 410 g/mol. The molecule has 2 aromatic carbocycles. The van der Waals surface area contributed by atoms with E-state index in [1.54, 1.807) is 24.3 Å². The number of carbonyl (C=O) groups is 2. The molecule has 1 saturated carbocycles. The fourth-order valence-electron chi connectivity index (χ4n) is 3.82. The number of carbonyl (C=O) groups excluding carboxylic acids is 2. The summed E-state index contributed by atoms with van der Waals surface area (Å²) in [4.78, 5) is 28.6. The van der Waals surface area contributed by atoms with Crippen molar-refractivity contribution >= 4 is 35.3 Å². The van der Waals surface area contributed by atoms with Crippen molar-refractivity contribution in [1.29, 1.82) is 0 Å². The number of hydrogen-bond acceptors (Lipinski definition) is 3. The molecule has 0 saturated heterocycles.